The molecule has 25 heavy (non-hydrogen) atoms. The van der Waals surface area contributed by atoms with Crippen molar-refractivity contribution in [3.05, 3.63) is 40.1 Å². The summed E-state index contributed by atoms with van der Waals surface area (Å²) in [6, 6.07) is 3.24. The Morgan fingerprint density at radius 2 is 2.12 bits per heavy atom. The van der Waals surface area contributed by atoms with Gasteiger partial charge >= 0.3 is 5.97 Å². The Bertz CT molecular complexity index is 888. The predicted molar refractivity (Wildman–Crippen MR) is 89.8 cm³/mol. The van der Waals surface area contributed by atoms with Crippen LogP contribution in [0, 0.1) is 12.8 Å². The number of aryl methyl sites for hydroxylation is 1. The van der Waals surface area contributed by atoms with Crippen LogP contribution in [0.4, 0.5) is 17.3 Å². The molecule has 2 heterocycles. The lowest BCUT2D eigenvalue weighted by Gasteiger charge is -2.09. The highest BCUT2D eigenvalue weighted by molar-refractivity contribution is 5.93. The Morgan fingerprint density at radius 3 is 2.80 bits per heavy atom. The second-order valence-corrected chi connectivity index (χ2v) is 5.68. The van der Waals surface area contributed by atoms with Crippen molar-refractivity contribution in [1.29, 1.82) is 0 Å². The maximum atomic E-state index is 12.1. The number of carbonyl (C=O) groups is 2. The smallest absolute Gasteiger partial charge is 0.356 e. The number of amides is 1. The molecule has 0 bridgehead atoms. The monoisotopic (exact) mass is 343 g/mol. The molecule has 0 spiro atoms. The third-order valence-corrected chi connectivity index (χ3v) is 3.71. The van der Waals surface area contributed by atoms with Gasteiger partial charge in [-0.05, 0) is 25.8 Å². The molecule has 9 heteroatoms. The number of rotatable bonds is 5. The fraction of sp³-hybridized carbons (Fsp3) is 0.312. The number of carbonyl (C=O) groups excluding carboxylic acids is 2. The molecule has 0 atom stereocenters. The number of esters is 1. The van der Waals surface area contributed by atoms with Crippen LogP contribution < -0.4 is 16.2 Å². The zero-order chi connectivity index (χ0) is 18.0. The summed E-state index contributed by atoms with van der Waals surface area (Å²) < 4.78 is 4.59. The summed E-state index contributed by atoms with van der Waals surface area (Å²) in [5.74, 6) is -0.241. The number of pyridine rings is 1. The van der Waals surface area contributed by atoms with Crippen LogP contribution in [-0.4, -0.2) is 33.9 Å². The number of aromatic amines is 1. The van der Waals surface area contributed by atoms with Gasteiger partial charge in [0.15, 0.2) is 5.82 Å². The molecule has 3 rings (SSSR count). The Balaban J connectivity index is 1.80. The molecule has 0 saturated heterocycles. The van der Waals surface area contributed by atoms with E-state index in [-0.39, 0.29) is 23.3 Å². The van der Waals surface area contributed by atoms with Crippen LogP contribution in [0.2, 0.25) is 0 Å². The Labute approximate surface area is 142 Å². The minimum Gasteiger partial charge on any atom is -0.464 e. The normalized spacial score (nSPS) is 13.2. The molecule has 130 valence electrons. The molecule has 1 aliphatic rings. The minimum absolute atomic E-state index is 0.00478. The average molecular weight is 343 g/mol. The van der Waals surface area contributed by atoms with E-state index in [4.69, 9.17) is 0 Å². The summed E-state index contributed by atoms with van der Waals surface area (Å²) in [6.45, 7) is 1.58. The lowest BCUT2D eigenvalue weighted by Crippen LogP contribution is -2.21. The lowest BCUT2D eigenvalue weighted by molar-refractivity contribution is -0.117. The second-order valence-electron chi connectivity index (χ2n) is 5.68. The largest absolute Gasteiger partial charge is 0.464 e. The van der Waals surface area contributed by atoms with Crippen molar-refractivity contribution in [2.75, 3.05) is 17.7 Å². The van der Waals surface area contributed by atoms with Crippen molar-refractivity contribution in [2.45, 2.75) is 19.8 Å². The molecule has 9 nitrogen and oxygen atoms in total. The van der Waals surface area contributed by atoms with Crippen molar-refractivity contribution in [3.8, 4) is 0 Å². The first kappa shape index (κ1) is 16.6. The van der Waals surface area contributed by atoms with E-state index in [1.165, 1.54) is 13.3 Å². The van der Waals surface area contributed by atoms with E-state index >= 15 is 0 Å². The number of nitrogens with zero attached hydrogens (tertiary/aromatic N) is 2. The van der Waals surface area contributed by atoms with Crippen molar-refractivity contribution in [2.24, 2.45) is 5.92 Å². The molecule has 0 aromatic carbocycles. The number of nitrogens with one attached hydrogen (secondary N) is 3. The van der Waals surface area contributed by atoms with E-state index in [0.717, 1.165) is 12.8 Å². The summed E-state index contributed by atoms with van der Waals surface area (Å²) >= 11 is 0. The maximum absolute atomic E-state index is 12.1. The van der Waals surface area contributed by atoms with Crippen LogP contribution in [0.25, 0.3) is 0 Å². The average Bonchev–Trinajstić information content (AvgIpc) is 3.42. The molecule has 0 radical (unpaired) electrons. The number of hydrogen-bond acceptors (Lipinski definition) is 7. The zero-order valence-electron chi connectivity index (χ0n) is 13.8. The van der Waals surface area contributed by atoms with E-state index in [9.17, 15) is 14.4 Å². The molecular formula is C16H17N5O4. The number of H-pyrrole nitrogens is 1. The third kappa shape index (κ3) is 3.82. The fourth-order valence-electron chi connectivity index (χ4n) is 2.21. The topological polar surface area (TPSA) is 126 Å². The summed E-state index contributed by atoms with van der Waals surface area (Å²) in [5, 5.41) is 5.59. The van der Waals surface area contributed by atoms with Gasteiger partial charge in [-0.15, -0.1) is 0 Å². The Morgan fingerprint density at radius 1 is 1.36 bits per heavy atom. The van der Waals surface area contributed by atoms with Gasteiger partial charge in [-0.3, -0.25) is 9.59 Å². The Kier molecular flexibility index (Phi) is 4.46. The first-order valence-corrected chi connectivity index (χ1v) is 7.71. The quantitative estimate of drug-likeness (QED) is 0.700. The van der Waals surface area contributed by atoms with Crippen LogP contribution in [0.3, 0.4) is 0 Å². The van der Waals surface area contributed by atoms with Crippen LogP contribution in [0.15, 0.2) is 23.1 Å². The maximum Gasteiger partial charge on any atom is 0.356 e. The Hall–Kier alpha value is -3.23. The number of aromatic nitrogens is 3. The van der Waals surface area contributed by atoms with E-state index < -0.39 is 11.5 Å². The molecular weight excluding hydrogens is 326 g/mol. The fourth-order valence-corrected chi connectivity index (χ4v) is 2.21. The van der Waals surface area contributed by atoms with Gasteiger partial charge in [-0.25, -0.2) is 14.8 Å². The van der Waals surface area contributed by atoms with Crippen LogP contribution in [0.1, 0.15) is 29.0 Å². The predicted octanol–water partition coefficient (Wildman–Crippen LogP) is 1.35. The van der Waals surface area contributed by atoms with Crippen molar-refractivity contribution >= 4 is 29.2 Å². The van der Waals surface area contributed by atoms with E-state index in [0.29, 0.717) is 17.2 Å². The molecule has 0 unspecified atom stereocenters. The molecule has 1 aliphatic carbocycles. The minimum atomic E-state index is -0.664. The second kappa shape index (κ2) is 6.71. The van der Waals surface area contributed by atoms with Gasteiger partial charge in [-0.1, -0.05) is 0 Å². The van der Waals surface area contributed by atoms with Gasteiger partial charge in [0.25, 0.3) is 5.56 Å². The molecule has 1 saturated carbocycles. The van der Waals surface area contributed by atoms with E-state index in [1.54, 1.807) is 19.1 Å². The van der Waals surface area contributed by atoms with Gasteiger partial charge in [-0.2, -0.15) is 0 Å². The van der Waals surface area contributed by atoms with Gasteiger partial charge in [0.2, 0.25) is 5.91 Å². The molecule has 3 N–H and O–H groups in total. The number of ether oxygens (including phenoxy) is 1. The zero-order valence-corrected chi connectivity index (χ0v) is 13.8. The van der Waals surface area contributed by atoms with Crippen molar-refractivity contribution in [1.82, 2.24) is 15.0 Å². The molecule has 0 aliphatic heterocycles. The highest BCUT2D eigenvalue weighted by atomic mass is 16.5. The summed E-state index contributed by atoms with van der Waals surface area (Å²) in [5.41, 5.74) is 0.297. The van der Waals surface area contributed by atoms with E-state index in [1.807, 2.05) is 0 Å². The summed E-state index contributed by atoms with van der Waals surface area (Å²) in [6.07, 6.45) is 3.30. The lowest BCUT2D eigenvalue weighted by atomic mass is 10.3. The first-order valence-electron chi connectivity index (χ1n) is 7.71. The number of hydrogen-bond donors (Lipinski definition) is 3. The highest BCUT2D eigenvalue weighted by Gasteiger charge is 2.29. The van der Waals surface area contributed by atoms with Gasteiger partial charge < -0.3 is 20.4 Å². The van der Waals surface area contributed by atoms with Crippen LogP contribution in [-0.2, 0) is 9.53 Å². The molecule has 2 aromatic heterocycles. The van der Waals surface area contributed by atoms with Crippen molar-refractivity contribution in [3.63, 3.8) is 0 Å². The highest BCUT2D eigenvalue weighted by Crippen LogP contribution is 2.30. The summed E-state index contributed by atoms with van der Waals surface area (Å²) in [7, 11) is 1.22. The SMILES string of the molecule is COC(=O)c1[nH]c(=O)c(Nc2ccnc(NC(=O)C3CC3)c2)nc1C. The van der Waals surface area contributed by atoms with Gasteiger partial charge in [0.05, 0.1) is 12.8 Å². The molecule has 1 fully saturated rings. The van der Waals surface area contributed by atoms with Gasteiger partial charge in [0, 0.05) is 23.9 Å². The summed E-state index contributed by atoms with van der Waals surface area (Å²) in [4.78, 5) is 46.1. The van der Waals surface area contributed by atoms with E-state index in [2.05, 4.69) is 30.3 Å². The number of anilines is 3. The molecule has 2 aromatic rings. The standard InChI is InChI=1S/C16H17N5O4/c1-8-12(16(24)25-2)21-15(23)13(18-8)19-10-5-6-17-11(7-10)20-14(22)9-3-4-9/h5-7,9H,3-4H2,1-2H3,(H,21,23)(H2,17,18,19,20,22). The van der Waals surface area contributed by atoms with Gasteiger partial charge in [0.1, 0.15) is 11.5 Å². The van der Waals surface area contributed by atoms with Crippen LogP contribution in [0.5, 0.6) is 0 Å². The van der Waals surface area contributed by atoms with Crippen molar-refractivity contribution < 1.29 is 14.3 Å². The third-order valence-electron chi connectivity index (χ3n) is 3.71. The first-order chi connectivity index (χ1) is 12.0. The number of methoxy groups -OCH3 is 1. The van der Waals surface area contributed by atoms with Crippen LogP contribution >= 0.6 is 0 Å². The molecule has 1 amide bonds.